The van der Waals surface area contributed by atoms with E-state index in [-0.39, 0.29) is 18.5 Å². The van der Waals surface area contributed by atoms with Crippen LogP contribution in [0.4, 0.5) is 4.79 Å². The highest BCUT2D eigenvalue weighted by Crippen LogP contribution is 2.19. The van der Waals surface area contributed by atoms with E-state index in [0.29, 0.717) is 5.71 Å². The van der Waals surface area contributed by atoms with Crippen LogP contribution in [-0.4, -0.2) is 41.0 Å². The number of carbonyl (C=O) groups is 3. The Morgan fingerprint density at radius 2 is 2.16 bits per heavy atom. The van der Waals surface area contributed by atoms with Crippen LogP contribution in [0.1, 0.15) is 13.8 Å². The van der Waals surface area contributed by atoms with Crippen molar-refractivity contribution in [3.63, 3.8) is 0 Å². The molecule has 0 fully saturated rings. The van der Waals surface area contributed by atoms with Crippen LogP contribution in [0.2, 0.25) is 0 Å². The Labute approximate surface area is 110 Å². The lowest BCUT2D eigenvalue weighted by Crippen LogP contribution is -2.50. The van der Waals surface area contributed by atoms with E-state index in [9.17, 15) is 14.4 Å². The second-order valence-electron chi connectivity index (χ2n) is 4.69. The van der Waals surface area contributed by atoms with Crippen molar-refractivity contribution >= 4 is 23.6 Å². The summed E-state index contributed by atoms with van der Waals surface area (Å²) in [5.74, 6) is -1.34. The molecule has 4 amide bonds. The maximum absolute atomic E-state index is 12.2. The number of amides is 4. The van der Waals surface area contributed by atoms with E-state index in [1.54, 1.807) is 24.3 Å². The highest BCUT2D eigenvalue weighted by molar-refractivity contribution is 6.22. The Bertz CT molecular complexity index is 517. The van der Waals surface area contributed by atoms with Crippen LogP contribution in [0.15, 0.2) is 29.3 Å². The quantitative estimate of drug-likeness (QED) is 0.810. The molecule has 100 valence electrons. The van der Waals surface area contributed by atoms with Crippen molar-refractivity contribution in [3.8, 4) is 0 Å². The summed E-state index contributed by atoms with van der Waals surface area (Å²) >= 11 is 0. The van der Waals surface area contributed by atoms with Crippen LogP contribution in [0.25, 0.3) is 0 Å². The van der Waals surface area contributed by atoms with Gasteiger partial charge in [-0.15, -0.1) is 0 Å². The Morgan fingerprint density at radius 1 is 1.42 bits per heavy atom. The zero-order chi connectivity index (χ0) is 14.0. The van der Waals surface area contributed by atoms with Crippen LogP contribution in [0.5, 0.6) is 0 Å². The minimum Gasteiger partial charge on any atom is -0.352 e. The zero-order valence-corrected chi connectivity index (χ0v) is 10.8. The standard InChI is InChI=1S/C13H15N3O3/c1-8(2)14-11(17)7-16-12(18)9-5-3-4-6-10(9)15-13(16)19/h3-6,8-9H,7H2,1-2H3,(H,14,17). The number of hydrogen-bond donors (Lipinski definition) is 1. The fraction of sp³-hybridized carbons (Fsp3) is 0.385. The maximum atomic E-state index is 12.2. The maximum Gasteiger partial charge on any atom is 0.351 e. The second kappa shape index (κ2) is 5.17. The van der Waals surface area contributed by atoms with Gasteiger partial charge in [-0.05, 0) is 19.9 Å². The summed E-state index contributed by atoms with van der Waals surface area (Å²) in [6.45, 7) is 3.33. The van der Waals surface area contributed by atoms with Crippen molar-refractivity contribution in [1.82, 2.24) is 10.2 Å². The Balaban J connectivity index is 2.14. The van der Waals surface area contributed by atoms with Crippen molar-refractivity contribution in [3.05, 3.63) is 24.3 Å². The molecule has 1 aliphatic heterocycles. The molecule has 6 nitrogen and oxygen atoms in total. The van der Waals surface area contributed by atoms with Crippen LogP contribution < -0.4 is 5.32 Å². The predicted octanol–water partition coefficient (Wildman–Crippen LogP) is 0.656. The first-order valence-corrected chi connectivity index (χ1v) is 6.07. The molecule has 0 aromatic rings. The number of fused-ring (bicyclic) bond motifs is 1. The molecule has 1 heterocycles. The predicted molar refractivity (Wildman–Crippen MR) is 69.6 cm³/mol. The highest BCUT2D eigenvalue weighted by Gasteiger charge is 2.36. The minimum atomic E-state index is -0.685. The molecular weight excluding hydrogens is 246 g/mol. The van der Waals surface area contributed by atoms with Gasteiger partial charge < -0.3 is 5.32 Å². The number of nitrogens with one attached hydrogen (secondary N) is 1. The molecule has 19 heavy (non-hydrogen) atoms. The summed E-state index contributed by atoms with van der Waals surface area (Å²) in [5.41, 5.74) is 0.429. The van der Waals surface area contributed by atoms with Crippen LogP contribution in [-0.2, 0) is 9.59 Å². The Morgan fingerprint density at radius 3 is 2.84 bits per heavy atom. The van der Waals surface area contributed by atoms with Gasteiger partial charge in [-0.25, -0.2) is 4.79 Å². The van der Waals surface area contributed by atoms with Crippen molar-refractivity contribution in [1.29, 1.82) is 0 Å². The number of nitrogens with zero attached hydrogens (tertiary/aromatic N) is 2. The van der Waals surface area contributed by atoms with E-state index < -0.39 is 17.9 Å². The monoisotopic (exact) mass is 261 g/mol. The van der Waals surface area contributed by atoms with Gasteiger partial charge in [-0.1, -0.05) is 18.2 Å². The van der Waals surface area contributed by atoms with E-state index in [1.807, 2.05) is 13.8 Å². The van der Waals surface area contributed by atoms with Gasteiger partial charge >= 0.3 is 6.03 Å². The first-order valence-electron chi connectivity index (χ1n) is 6.07. The lowest BCUT2D eigenvalue weighted by Gasteiger charge is -2.27. The van der Waals surface area contributed by atoms with Crippen molar-refractivity contribution in [2.75, 3.05) is 6.54 Å². The van der Waals surface area contributed by atoms with Crippen LogP contribution in [0.3, 0.4) is 0 Å². The number of carbonyl (C=O) groups excluding carboxylic acids is 3. The second-order valence-corrected chi connectivity index (χ2v) is 4.69. The third-order valence-electron chi connectivity index (χ3n) is 2.74. The number of imide groups is 1. The molecule has 2 rings (SSSR count). The first kappa shape index (κ1) is 13.2. The largest absolute Gasteiger partial charge is 0.352 e. The molecule has 0 aromatic carbocycles. The summed E-state index contributed by atoms with van der Waals surface area (Å²) in [6.07, 6.45) is 6.74. The van der Waals surface area contributed by atoms with E-state index in [1.165, 1.54) is 0 Å². The molecule has 1 atom stereocenters. The smallest absolute Gasteiger partial charge is 0.351 e. The fourth-order valence-corrected chi connectivity index (χ4v) is 1.94. The molecule has 2 aliphatic rings. The van der Waals surface area contributed by atoms with Crippen molar-refractivity contribution in [2.24, 2.45) is 10.9 Å². The topological polar surface area (TPSA) is 78.8 Å². The Kier molecular flexibility index (Phi) is 3.59. The minimum absolute atomic E-state index is 0.0425. The summed E-state index contributed by atoms with van der Waals surface area (Å²) in [5, 5.41) is 2.64. The number of hydrogen-bond acceptors (Lipinski definition) is 3. The zero-order valence-electron chi connectivity index (χ0n) is 10.8. The average molecular weight is 261 g/mol. The van der Waals surface area contributed by atoms with Crippen LogP contribution in [0, 0.1) is 5.92 Å². The van der Waals surface area contributed by atoms with E-state index >= 15 is 0 Å². The van der Waals surface area contributed by atoms with Gasteiger partial charge in [0.1, 0.15) is 6.54 Å². The molecule has 0 spiro atoms. The number of rotatable bonds is 3. The van der Waals surface area contributed by atoms with Gasteiger partial charge in [0.2, 0.25) is 11.8 Å². The average Bonchev–Trinajstić information content (AvgIpc) is 2.33. The van der Waals surface area contributed by atoms with E-state index in [2.05, 4.69) is 10.3 Å². The fourth-order valence-electron chi connectivity index (χ4n) is 1.94. The van der Waals surface area contributed by atoms with Gasteiger partial charge in [-0.2, -0.15) is 4.99 Å². The summed E-state index contributed by atoms with van der Waals surface area (Å²) in [4.78, 5) is 40.3. The van der Waals surface area contributed by atoms with E-state index in [4.69, 9.17) is 0 Å². The molecule has 0 radical (unpaired) electrons. The summed E-state index contributed by atoms with van der Waals surface area (Å²) < 4.78 is 0. The molecule has 1 N–H and O–H groups in total. The molecule has 0 bridgehead atoms. The number of aliphatic imine (C=N–C) groups is 1. The van der Waals surface area contributed by atoms with Gasteiger partial charge in [0, 0.05) is 6.04 Å². The number of allylic oxidation sites excluding steroid dienone is 3. The summed E-state index contributed by atoms with van der Waals surface area (Å²) in [7, 11) is 0. The molecule has 6 heteroatoms. The van der Waals surface area contributed by atoms with Crippen molar-refractivity contribution < 1.29 is 14.4 Å². The molecule has 0 saturated heterocycles. The number of urea groups is 1. The van der Waals surface area contributed by atoms with Crippen LogP contribution >= 0.6 is 0 Å². The van der Waals surface area contributed by atoms with E-state index in [0.717, 1.165) is 4.90 Å². The third-order valence-corrected chi connectivity index (χ3v) is 2.74. The third kappa shape index (κ3) is 2.78. The SMILES string of the molecule is CC(C)NC(=O)CN1C(=O)N=C2C=CC=CC2C1=O. The van der Waals surface area contributed by atoms with Gasteiger partial charge in [0.15, 0.2) is 0 Å². The normalized spacial score (nSPS) is 21.5. The Hall–Kier alpha value is -2.24. The summed E-state index contributed by atoms with van der Waals surface area (Å²) in [6, 6.07) is -0.728. The van der Waals surface area contributed by atoms with Gasteiger partial charge in [0.05, 0.1) is 11.6 Å². The molecular formula is C13H15N3O3. The van der Waals surface area contributed by atoms with Gasteiger partial charge in [-0.3, -0.25) is 14.5 Å². The molecule has 0 aromatic heterocycles. The molecule has 1 unspecified atom stereocenters. The molecule has 0 saturated carbocycles. The lowest BCUT2D eigenvalue weighted by atomic mass is 9.95. The van der Waals surface area contributed by atoms with Crippen molar-refractivity contribution in [2.45, 2.75) is 19.9 Å². The highest BCUT2D eigenvalue weighted by atomic mass is 16.2. The first-order chi connectivity index (χ1) is 8.99. The van der Waals surface area contributed by atoms with Gasteiger partial charge in [0.25, 0.3) is 0 Å². The lowest BCUT2D eigenvalue weighted by molar-refractivity contribution is -0.134. The molecule has 1 aliphatic carbocycles.